The van der Waals surface area contributed by atoms with Gasteiger partial charge in [0, 0.05) is 23.8 Å². The number of hydrogen-bond donors (Lipinski definition) is 3. The van der Waals surface area contributed by atoms with Gasteiger partial charge in [-0.15, -0.1) is 0 Å². The highest BCUT2D eigenvalue weighted by molar-refractivity contribution is 8.15. The third kappa shape index (κ3) is 6.95. The number of rotatable bonds is 10. The summed E-state index contributed by atoms with van der Waals surface area (Å²) >= 11 is 1.13. The van der Waals surface area contributed by atoms with Crippen molar-refractivity contribution in [2.75, 3.05) is 19.8 Å². The lowest BCUT2D eigenvalue weighted by molar-refractivity contribution is -0.139. The second kappa shape index (κ2) is 11.0. The van der Waals surface area contributed by atoms with Gasteiger partial charge in [-0.3, -0.25) is 5.43 Å². The zero-order valence-corrected chi connectivity index (χ0v) is 18.1. The van der Waals surface area contributed by atoms with Crippen LogP contribution in [-0.2, 0) is 6.18 Å². The highest BCUT2D eigenvalue weighted by atomic mass is 32.2. The zero-order chi connectivity index (χ0) is 24.0. The van der Waals surface area contributed by atoms with E-state index in [4.69, 9.17) is 20.3 Å². The van der Waals surface area contributed by atoms with Crippen molar-refractivity contribution in [2.45, 2.75) is 30.4 Å². The molecular weight excluding hydrogens is 469 g/mol. The highest BCUT2D eigenvalue weighted by Crippen LogP contribution is 2.38. The molecule has 1 aliphatic heterocycles. The van der Waals surface area contributed by atoms with Crippen molar-refractivity contribution in [3.63, 3.8) is 0 Å². The van der Waals surface area contributed by atoms with Gasteiger partial charge in [-0.2, -0.15) is 18.3 Å². The maximum atomic E-state index is 13.6. The quantitative estimate of drug-likeness (QED) is 0.346. The largest absolute Gasteiger partial charge is 0.493 e. The molecular formula is C21H22F5N3O3S. The molecule has 1 heterocycles. The average molecular weight is 491 g/mol. The molecule has 0 saturated carbocycles. The standard InChI is InChI=1S/C21H22F5N3O3S/c22-13-8-14(23)10-15(9-13)31-5-1-2-6-32-18-4-3-12(7-16(18)21(24,25)26)19-28-29-20(33-19)17(27)11-30/h3-4,7-10,17,20,29-30H,1-2,5-6,11,27H2. The molecule has 12 heteroatoms. The van der Waals surface area contributed by atoms with Crippen molar-refractivity contribution >= 4 is 16.8 Å². The summed E-state index contributed by atoms with van der Waals surface area (Å²) in [5.41, 5.74) is 7.73. The summed E-state index contributed by atoms with van der Waals surface area (Å²) in [6.07, 6.45) is -3.87. The van der Waals surface area contributed by atoms with Crippen LogP contribution in [0.15, 0.2) is 41.5 Å². The molecule has 6 nitrogen and oxygen atoms in total. The van der Waals surface area contributed by atoms with Crippen molar-refractivity contribution < 1.29 is 36.5 Å². The van der Waals surface area contributed by atoms with Crippen molar-refractivity contribution in [2.24, 2.45) is 10.8 Å². The minimum Gasteiger partial charge on any atom is -0.493 e. The van der Waals surface area contributed by atoms with Gasteiger partial charge >= 0.3 is 6.18 Å². The van der Waals surface area contributed by atoms with Gasteiger partial charge in [0.05, 0.1) is 31.4 Å². The molecule has 2 aromatic rings. The fraction of sp³-hybridized carbons (Fsp3) is 0.381. The molecule has 2 atom stereocenters. The lowest BCUT2D eigenvalue weighted by Crippen LogP contribution is -2.41. The summed E-state index contributed by atoms with van der Waals surface area (Å²) in [5.74, 6) is -1.81. The molecule has 0 bridgehead atoms. The Balaban J connectivity index is 1.54. The van der Waals surface area contributed by atoms with Gasteiger partial charge in [0.1, 0.15) is 33.6 Å². The van der Waals surface area contributed by atoms with Crippen LogP contribution in [0, 0.1) is 11.6 Å². The third-order valence-electron chi connectivity index (χ3n) is 4.56. The van der Waals surface area contributed by atoms with Crippen LogP contribution in [0.4, 0.5) is 22.0 Å². The van der Waals surface area contributed by atoms with Gasteiger partial charge < -0.3 is 20.3 Å². The number of nitrogens with one attached hydrogen (secondary N) is 1. The Kier molecular flexibility index (Phi) is 8.38. The van der Waals surface area contributed by atoms with E-state index in [9.17, 15) is 22.0 Å². The fourth-order valence-electron chi connectivity index (χ4n) is 2.91. The number of nitrogens with two attached hydrogens (primary N) is 1. The number of ether oxygens (including phenoxy) is 2. The number of aliphatic hydroxyl groups is 1. The molecule has 0 radical (unpaired) electrons. The summed E-state index contributed by atoms with van der Waals surface area (Å²) < 4.78 is 77.6. The molecule has 0 aromatic heterocycles. The van der Waals surface area contributed by atoms with E-state index in [2.05, 4.69) is 10.5 Å². The molecule has 0 aliphatic carbocycles. The summed E-state index contributed by atoms with van der Waals surface area (Å²) in [7, 11) is 0. The molecule has 0 saturated heterocycles. The third-order valence-corrected chi connectivity index (χ3v) is 5.82. The van der Waals surface area contributed by atoms with Crippen LogP contribution in [-0.4, -0.2) is 41.4 Å². The van der Waals surface area contributed by atoms with Crippen LogP contribution in [0.25, 0.3) is 0 Å². The topological polar surface area (TPSA) is 89.1 Å². The van der Waals surface area contributed by atoms with Crippen LogP contribution < -0.4 is 20.6 Å². The van der Waals surface area contributed by atoms with Crippen molar-refractivity contribution in [3.8, 4) is 11.5 Å². The second-order valence-electron chi connectivity index (χ2n) is 7.15. The molecule has 2 aromatic carbocycles. The number of benzene rings is 2. The summed E-state index contributed by atoms with van der Waals surface area (Å²) in [5, 5.41) is 13.0. The molecule has 180 valence electrons. The fourth-order valence-corrected chi connectivity index (χ4v) is 3.88. The van der Waals surface area contributed by atoms with Crippen LogP contribution >= 0.6 is 11.8 Å². The number of hydrazone groups is 1. The number of aliphatic hydroxyl groups excluding tert-OH is 1. The maximum Gasteiger partial charge on any atom is 0.419 e. The number of hydrogen-bond acceptors (Lipinski definition) is 7. The van der Waals surface area contributed by atoms with Gasteiger partial charge in [-0.25, -0.2) is 8.78 Å². The first-order valence-electron chi connectivity index (χ1n) is 9.97. The van der Waals surface area contributed by atoms with Crippen LogP contribution in [0.2, 0.25) is 0 Å². The molecule has 0 amide bonds. The Morgan fingerprint density at radius 1 is 1.06 bits per heavy atom. The van der Waals surface area contributed by atoms with Gasteiger partial charge in [0.2, 0.25) is 0 Å². The molecule has 2 unspecified atom stereocenters. The molecule has 1 aliphatic rings. The first kappa shape index (κ1) is 25.1. The van der Waals surface area contributed by atoms with Crippen LogP contribution in [0.1, 0.15) is 24.0 Å². The lowest BCUT2D eigenvalue weighted by atomic mass is 10.1. The first-order valence-corrected chi connectivity index (χ1v) is 10.8. The highest BCUT2D eigenvalue weighted by Gasteiger charge is 2.36. The first-order chi connectivity index (χ1) is 15.7. The van der Waals surface area contributed by atoms with Crippen molar-refractivity contribution in [1.29, 1.82) is 0 Å². The van der Waals surface area contributed by atoms with E-state index in [1.807, 2.05) is 0 Å². The minimum absolute atomic E-state index is 0.00597. The molecule has 33 heavy (non-hydrogen) atoms. The van der Waals surface area contributed by atoms with Crippen molar-refractivity contribution in [3.05, 3.63) is 59.2 Å². The summed E-state index contributed by atoms with van der Waals surface area (Å²) in [4.78, 5) is 0. The second-order valence-corrected chi connectivity index (χ2v) is 8.28. The van der Waals surface area contributed by atoms with E-state index >= 15 is 0 Å². The van der Waals surface area contributed by atoms with Gasteiger partial charge in [-0.1, -0.05) is 11.8 Å². The van der Waals surface area contributed by atoms with E-state index in [1.165, 1.54) is 12.1 Å². The average Bonchev–Trinajstić information content (AvgIpc) is 3.24. The number of alkyl halides is 3. The summed E-state index contributed by atoms with van der Waals surface area (Å²) in [6.45, 7) is -0.176. The van der Waals surface area contributed by atoms with Gasteiger partial charge in [0.25, 0.3) is 0 Å². The van der Waals surface area contributed by atoms with E-state index in [0.717, 1.165) is 36.0 Å². The van der Waals surface area contributed by atoms with E-state index < -0.39 is 34.8 Å². The molecule has 3 rings (SSSR count). The van der Waals surface area contributed by atoms with E-state index in [1.54, 1.807) is 0 Å². The summed E-state index contributed by atoms with van der Waals surface area (Å²) in [6, 6.07) is 5.83. The van der Waals surface area contributed by atoms with Crippen LogP contribution in [0.3, 0.4) is 0 Å². The maximum absolute atomic E-state index is 13.6. The Morgan fingerprint density at radius 3 is 2.36 bits per heavy atom. The Bertz CT molecular complexity index is 970. The Labute approximate surface area is 190 Å². The monoisotopic (exact) mass is 491 g/mol. The predicted molar refractivity (Wildman–Crippen MR) is 114 cm³/mol. The number of thioether (sulfide) groups is 1. The van der Waals surface area contributed by atoms with E-state index in [0.29, 0.717) is 17.9 Å². The Hall–Kier alpha value is -2.57. The molecule has 0 spiro atoms. The SMILES string of the molecule is NC(CO)C1NN=C(c2ccc(OCCCCOc3cc(F)cc(F)c3)c(C(F)(F)F)c2)S1. The number of unbranched alkanes of at least 4 members (excludes halogenated alkanes) is 1. The Morgan fingerprint density at radius 2 is 1.73 bits per heavy atom. The lowest BCUT2D eigenvalue weighted by Gasteiger charge is -2.16. The van der Waals surface area contributed by atoms with Gasteiger partial charge in [0.15, 0.2) is 0 Å². The van der Waals surface area contributed by atoms with Gasteiger partial charge in [-0.05, 0) is 31.0 Å². The molecule has 4 N–H and O–H groups in total. The predicted octanol–water partition coefficient (Wildman–Crippen LogP) is 3.87. The smallest absolute Gasteiger partial charge is 0.419 e. The van der Waals surface area contributed by atoms with Crippen LogP contribution in [0.5, 0.6) is 11.5 Å². The van der Waals surface area contributed by atoms with Crippen molar-refractivity contribution in [1.82, 2.24) is 5.43 Å². The number of nitrogens with zero attached hydrogens (tertiary/aromatic N) is 1. The number of halogens is 5. The normalized spacial score (nSPS) is 16.8. The zero-order valence-electron chi connectivity index (χ0n) is 17.2. The molecule has 0 fully saturated rings. The minimum atomic E-state index is -4.64. The van der Waals surface area contributed by atoms with E-state index in [-0.39, 0.29) is 36.9 Å².